The van der Waals surface area contributed by atoms with Gasteiger partial charge in [-0.3, -0.25) is 0 Å². The molecule has 0 aliphatic rings. The van der Waals surface area contributed by atoms with Gasteiger partial charge in [0.1, 0.15) is 17.2 Å². The van der Waals surface area contributed by atoms with Crippen LogP contribution in [-0.4, -0.2) is 31.5 Å². The van der Waals surface area contributed by atoms with Gasteiger partial charge in [0.15, 0.2) is 0 Å². The standard InChI is InChI=1S/C17H17N3O4/c1-21-12-6-4-11(5-7-12)16-19-20-17(24-16)18-14-10-13(22-2)8-9-15(14)23-3/h4-10H,1-3H3,(H,18,20). The first-order chi connectivity index (χ1) is 11.7. The highest BCUT2D eigenvalue weighted by molar-refractivity contribution is 5.65. The van der Waals surface area contributed by atoms with Crippen LogP contribution in [0.3, 0.4) is 0 Å². The summed E-state index contributed by atoms with van der Waals surface area (Å²) >= 11 is 0. The number of nitrogens with zero attached hydrogens (tertiary/aromatic N) is 2. The summed E-state index contributed by atoms with van der Waals surface area (Å²) in [4.78, 5) is 0. The monoisotopic (exact) mass is 327 g/mol. The van der Waals surface area contributed by atoms with E-state index in [0.717, 1.165) is 11.3 Å². The SMILES string of the molecule is COc1ccc(-c2nnc(Nc3cc(OC)ccc3OC)o2)cc1. The van der Waals surface area contributed by atoms with Crippen LogP contribution >= 0.6 is 0 Å². The van der Waals surface area contributed by atoms with E-state index in [1.165, 1.54) is 0 Å². The molecule has 3 rings (SSSR count). The Kier molecular flexibility index (Phi) is 4.51. The van der Waals surface area contributed by atoms with Crippen LogP contribution < -0.4 is 19.5 Å². The molecule has 0 saturated heterocycles. The zero-order chi connectivity index (χ0) is 16.9. The van der Waals surface area contributed by atoms with Crippen molar-refractivity contribution in [3.63, 3.8) is 0 Å². The van der Waals surface area contributed by atoms with E-state index in [-0.39, 0.29) is 6.01 Å². The third-order valence-corrected chi connectivity index (χ3v) is 3.41. The highest BCUT2D eigenvalue weighted by atomic mass is 16.5. The van der Waals surface area contributed by atoms with Gasteiger partial charge in [-0.15, -0.1) is 5.10 Å². The minimum absolute atomic E-state index is 0.257. The van der Waals surface area contributed by atoms with Crippen molar-refractivity contribution in [2.24, 2.45) is 0 Å². The molecule has 3 aromatic rings. The lowest BCUT2D eigenvalue weighted by Crippen LogP contribution is -1.95. The minimum atomic E-state index is 0.257. The van der Waals surface area contributed by atoms with Gasteiger partial charge in [-0.25, -0.2) is 0 Å². The lowest BCUT2D eigenvalue weighted by atomic mass is 10.2. The lowest BCUT2D eigenvalue weighted by Gasteiger charge is -2.09. The van der Waals surface area contributed by atoms with Gasteiger partial charge in [0.05, 0.1) is 27.0 Å². The number of anilines is 2. The molecule has 0 fully saturated rings. The predicted molar refractivity (Wildman–Crippen MR) is 89.1 cm³/mol. The molecule has 0 saturated carbocycles. The molecule has 1 heterocycles. The smallest absolute Gasteiger partial charge is 0.320 e. The van der Waals surface area contributed by atoms with Crippen molar-refractivity contribution < 1.29 is 18.6 Å². The molecule has 0 spiro atoms. The van der Waals surface area contributed by atoms with Crippen LogP contribution in [0.2, 0.25) is 0 Å². The van der Waals surface area contributed by atoms with Gasteiger partial charge in [0, 0.05) is 11.6 Å². The van der Waals surface area contributed by atoms with Crippen LogP contribution in [0.1, 0.15) is 0 Å². The van der Waals surface area contributed by atoms with Crippen molar-refractivity contribution in [1.29, 1.82) is 0 Å². The Hall–Kier alpha value is -3.22. The third kappa shape index (κ3) is 3.24. The quantitative estimate of drug-likeness (QED) is 0.742. The zero-order valence-corrected chi connectivity index (χ0v) is 13.6. The molecule has 0 aliphatic carbocycles. The minimum Gasteiger partial charge on any atom is -0.497 e. The average molecular weight is 327 g/mol. The van der Waals surface area contributed by atoms with Gasteiger partial charge in [0.2, 0.25) is 5.89 Å². The Morgan fingerprint density at radius 3 is 2.21 bits per heavy atom. The number of hydrogen-bond donors (Lipinski definition) is 1. The Morgan fingerprint density at radius 2 is 1.54 bits per heavy atom. The summed E-state index contributed by atoms with van der Waals surface area (Å²) in [5.74, 6) is 2.49. The van der Waals surface area contributed by atoms with Crippen molar-refractivity contribution in [2.75, 3.05) is 26.6 Å². The fourth-order valence-corrected chi connectivity index (χ4v) is 2.15. The first-order valence-corrected chi connectivity index (χ1v) is 7.20. The molecule has 1 N–H and O–H groups in total. The molecular formula is C17H17N3O4. The highest BCUT2D eigenvalue weighted by Gasteiger charge is 2.12. The molecule has 0 aliphatic heterocycles. The van der Waals surface area contributed by atoms with E-state index in [9.17, 15) is 0 Å². The predicted octanol–water partition coefficient (Wildman–Crippen LogP) is 3.51. The Balaban J connectivity index is 1.83. The van der Waals surface area contributed by atoms with E-state index in [2.05, 4.69) is 15.5 Å². The van der Waals surface area contributed by atoms with Gasteiger partial charge >= 0.3 is 6.01 Å². The first kappa shape index (κ1) is 15.7. The van der Waals surface area contributed by atoms with Crippen LogP contribution in [0, 0.1) is 0 Å². The zero-order valence-electron chi connectivity index (χ0n) is 13.6. The number of aromatic nitrogens is 2. The van der Waals surface area contributed by atoms with Crippen molar-refractivity contribution in [3.8, 4) is 28.7 Å². The molecule has 0 atom stereocenters. The summed E-state index contributed by atoms with van der Waals surface area (Å²) < 4.78 is 21.3. The average Bonchev–Trinajstić information content (AvgIpc) is 3.10. The molecule has 7 nitrogen and oxygen atoms in total. The van der Waals surface area contributed by atoms with Gasteiger partial charge in [-0.2, -0.15) is 0 Å². The Bertz CT molecular complexity index is 815. The van der Waals surface area contributed by atoms with Gasteiger partial charge < -0.3 is 23.9 Å². The van der Waals surface area contributed by atoms with Crippen LogP contribution in [0.25, 0.3) is 11.5 Å². The van der Waals surface area contributed by atoms with E-state index in [1.807, 2.05) is 24.3 Å². The van der Waals surface area contributed by atoms with Crippen LogP contribution in [-0.2, 0) is 0 Å². The molecule has 7 heteroatoms. The first-order valence-electron chi connectivity index (χ1n) is 7.20. The molecule has 1 aromatic heterocycles. The van der Waals surface area contributed by atoms with Crippen molar-refractivity contribution in [2.45, 2.75) is 0 Å². The summed E-state index contributed by atoms with van der Waals surface area (Å²) in [6, 6.07) is 13.0. The van der Waals surface area contributed by atoms with Crippen molar-refractivity contribution in [1.82, 2.24) is 10.2 Å². The third-order valence-electron chi connectivity index (χ3n) is 3.41. The number of ether oxygens (including phenoxy) is 3. The second-order valence-electron chi connectivity index (χ2n) is 4.83. The van der Waals surface area contributed by atoms with Crippen LogP contribution in [0.15, 0.2) is 46.9 Å². The fraction of sp³-hybridized carbons (Fsp3) is 0.176. The molecule has 0 amide bonds. The van der Waals surface area contributed by atoms with Gasteiger partial charge in [0.25, 0.3) is 0 Å². The number of hydrogen-bond acceptors (Lipinski definition) is 7. The second-order valence-corrected chi connectivity index (χ2v) is 4.83. The number of methoxy groups -OCH3 is 3. The summed E-state index contributed by atoms with van der Waals surface area (Å²) in [5, 5.41) is 11.1. The maximum absolute atomic E-state index is 5.65. The van der Waals surface area contributed by atoms with Gasteiger partial charge in [-0.1, -0.05) is 5.10 Å². The van der Waals surface area contributed by atoms with Crippen molar-refractivity contribution >= 4 is 11.7 Å². The van der Waals surface area contributed by atoms with Crippen LogP contribution in [0.5, 0.6) is 17.2 Å². The van der Waals surface area contributed by atoms with E-state index >= 15 is 0 Å². The molecule has 0 radical (unpaired) electrons. The maximum atomic E-state index is 5.65. The van der Waals surface area contributed by atoms with Crippen molar-refractivity contribution in [3.05, 3.63) is 42.5 Å². The maximum Gasteiger partial charge on any atom is 0.320 e. The van der Waals surface area contributed by atoms with E-state index in [4.69, 9.17) is 18.6 Å². The van der Waals surface area contributed by atoms with E-state index in [1.54, 1.807) is 39.5 Å². The number of nitrogens with one attached hydrogen (secondary N) is 1. The Morgan fingerprint density at radius 1 is 0.833 bits per heavy atom. The summed E-state index contributed by atoms with van der Waals surface area (Å²) in [7, 11) is 4.80. The molecule has 2 aromatic carbocycles. The van der Waals surface area contributed by atoms with E-state index < -0.39 is 0 Å². The number of benzene rings is 2. The van der Waals surface area contributed by atoms with Gasteiger partial charge in [-0.05, 0) is 36.4 Å². The normalized spacial score (nSPS) is 10.3. The second kappa shape index (κ2) is 6.91. The Labute approximate surface area is 139 Å². The summed E-state index contributed by atoms with van der Waals surface area (Å²) in [5.41, 5.74) is 1.47. The lowest BCUT2D eigenvalue weighted by molar-refractivity contribution is 0.404. The molecule has 24 heavy (non-hydrogen) atoms. The number of rotatable bonds is 6. The van der Waals surface area contributed by atoms with Crippen LogP contribution in [0.4, 0.5) is 11.7 Å². The molecule has 0 unspecified atom stereocenters. The largest absolute Gasteiger partial charge is 0.497 e. The topological polar surface area (TPSA) is 78.6 Å². The molecule has 124 valence electrons. The summed E-state index contributed by atoms with van der Waals surface area (Å²) in [6.07, 6.45) is 0. The summed E-state index contributed by atoms with van der Waals surface area (Å²) in [6.45, 7) is 0. The van der Waals surface area contributed by atoms with E-state index in [0.29, 0.717) is 23.1 Å². The fourth-order valence-electron chi connectivity index (χ4n) is 2.15. The molecule has 0 bridgehead atoms. The highest BCUT2D eigenvalue weighted by Crippen LogP contribution is 2.32. The molecular weight excluding hydrogens is 310 g/mol.